The quantitative estimate of drug-likeness (QED) is 0.0223. The van der Waals surface area contributed by atoms with Crippen LogP contribution >= 0.6 is 0 Å². The van der Waals surface area contributed by atoms with Gasteiger partial charge in [-0.05, 0) is 266 Å². The number of aromatic hydroxyl groups is 1. The molecule has 4 aromatic carbocycles. The van der Waals surface area contributed by atoms with Gasteiger partial charge in [0.25, 0.3) is 0 Å². The highest BCUT2D eigenvalue weighted by Gasteiger charge is 2.60. The third-order valence-corrected chi connectivity index (χ3v) is 22.1. The molecule has 7 N–H and O–H groups in total. The number of carbonyl (C=O) groups is 7. The van der Waals surface area contributed by atoms with Gasteiger partial charge in [-0.3, -0.25) is 0 Å². The minimum Gasteiger partial charge on any atom is -0.508 e. The molecule has 21 nitrogen and oxygen atoms in total. The van der Waals surface area contributed by atoms with Gasteiger partial charge < -0.3 is 68.9 Å². The van der Waals surface area contributed by atoms with Gasteiger partial charge in [0.15, 0.2) is 0 Å². The average Bonchev–Trinajstić information content (AvgIpc) is 1.10. The molecule has 12 aliphatic carbocycles. The smallest absolute Gasteiger partial charge is 0.338 e. The number of aliphatic hydroxyl groups excluding tert-OH is 4. The zero-order valence-corrected chi connectivity index (χ0v) is 65.0. The molecule has 16 rings (SSSR count). The summed E-state index contributed by atoms with van der Waals surface area (Å²) in [5.41, 5.74) is 1.84. The van der Waals surface area contributed by atoms with Crippen LogP contribution in [0.3, 0.4) is 0 Å². The van der Waals surface area contributed by atoms with E-state index in [1.807, 2.05) is 48.5 Å². The Labute approximate surface area is 642 Å². The van der Waals surface area contributed by atoms with Gasteiger partial charge in [0.05, 0.1) is 38.6 Å². The third-order valence-electron chi connectivity index (χ3n) is 22.1. The molecule has 0 amide bonds. The first-order valence-corrected chi connectivity index (χ1v) is 37.9. The molecule has 4 aromatic rings. The minimum atomic E-state index is -0.570. The summed E-state index contributed by atoms with van der Waals surface area (Å²) in [6.07, 6.45) is 24.5. The maximum Gasteiger partial charge on any atom is 0.338 e. The molecule has 0 heterocycles. The van der Waals surface area contributed by atoms with Crippen molar-refractivity contribution in [2.45, 2.75) is 199 Å². The van der Waals surface area contributed by atoms with Crippen molar-refractivity contribution in [1.82, 2.24) is 0 Å². The number of methoxy groups -OCH3 is 2. The molecule has 0 aromatic heterocycles. The molecule has 12 aliphatic rings. The minimum absolute atomic E-state index is 0.0162. The largest absolute Gasteiger partial charge is 0.508 e. The second-order valence-electron chi connectivity index (χ2n) is 31.8. The van der Waals surface area contributed by atoms with Gasteiger partial charge in [-0.2, -0.15) is 0 Å². The number of esters is 7. The first-order valence-electron chi connectivity index (χ1n) is 37.9. The van der Waals surface area contributed by atoms with Crippen LogP contribution in [0.2, 0.25) is 0 Å². The normalized spacial score (nSPS) is 27.5. The van der Waals surface area contributed by atoms with E-state index < -0.39 is 34.7 Å². The fourth-order valence-electron chi connectivity index (χ4n) is 18.0. The van der Waals surface area contributed by atoms with Gasteiger partial charge in [0.1, 0.15) is 35.9 Å². The maximum atomic E-state index is 11.7. The molecule has 0 radical (unpaired) electrons. The van der Waals surface area contributed by atoms with Crippen LogP contribution in [0.25, 0.3) is 21.5 Å². The SMILES string of the molecule is C=C(C)C(=O)OC.C=C(C)C(=O)OC12CC3CC(CC(O)(C3)C1)C2.C=C(C)C(=O)OCCO.C=C(C)C(=O)OCc1ccc2cc(O)ccc2c1.C=C(C)C(=O)Oc1ccc2cc(CO)ccc2c1.C=CC(=O)OC.C=CC(=O)OC12CC3CC(CC(O)(C3)C1)C2.OCC1CC2CCC1C2.OCC1CC2CCC1C2. The molecule has 596 valence electrons. The van der Waals surface area contributed by atoms with Crippen molar-refractivity contribution in [3.8, 4) is 11.5 Å². The van der Waals surface area contributed by atoms with Crippen molar-refractivity contribution < 1.29 is 102 Å². The number of rotatable bonds is 17. The fourth-order valence-corrected chi connectivity index (χ4v) is 18.0. The first kappa shape index (κ1) is 89.3. The Morgan fingerprint density at radius 2 is 0.872 bits per heavy atom. The Morgan fingerprint density at radius 3 is 1.24 bits per heavy atom. The van der Waals surface area contributed by atoms with E-state index in [0.29, 0.717) is 95.2 Å². The second-order valence-corrected chi connectivity index (χ2v) is 31.8. The summed E-state index contributed by atoms with van der Waals surface area (Å²) in [5.74, 6) is 5.41. The van der Waals surface area contributed by atoms with Crippen molar-refractivity contribution in [2.75, 3.05) is 40.6 Å². The van der Waals surface area contributed by atoms with Crippen LogP contribution < -0.4 is 4.74 Å². The van der Waals surface area contributed by atoms with Crippen LogP contribution in [0.4, 0.5) is 0 Å². The van der Waals surface area contributed by atoms with E-state index in [1.54, 1.807) is 58.9 Å². The Morgan fingerprint density at radius 1 is 0.450 bits per heavy atom. The van der Waals surface area contributed by atoms with E-state index in [1.165, 1.54) is 84.5 Å². The number of phenolic OH excluding ortho intramolecular Hbond substituents is 1. The average molecular weight is 1510 g/mol. The van der Waals surface area contributed by atoms with Crippen molar-refractivity contribution in [3.63, 3.8) is 0 Å². The zero-order chi connectivity index (χ0) is 80.6. The number of phenols is 1. The molecule has 0 spiro atoms. The van der Waals surface area contributed by atoms with E-state index in [2.05, 4.69) is 60.3 Å². The number of hydrogen-bond acceptors (Lipinski definition) is 21. The Hall–Kier alpha value is -8.57. The predicted molar refractivity (Wildman–Crippen MR) is 416 cm³/mol. The zero-order valence-electron chi connectivity index (χ0n) is 65.0. The van der Waals surface area contributed by atoms with E-state index in [0.717, 1.165) is 114 Å². The number of carbonyl (C=O) groups excluding carboxylic acids is 7. The lowest BCUT2D eigenvalue weighted by Crippen LogP contribution is -2.60. The molecule has 10 unspecified atom stereocenters. The van der Waals surface area contributed by atoms with Gasteiger partial charge in [0, 0.05) is 66.1 Å². The van der Waals surface area contributed by atoms with E-state index in [4.69, 9.17) is 39.4 Å². The number of benzene rings is 4. The summed E-state index contributed by atoms with van der Waals surface area (Å²) in [7, 11) is 2.64. The van der Waals surface area contributed by atoms with Gasteiger partial charge >= 0.3 is 41.8 Å². The summed E-state index contributed by atoms with van der Waals surface area (Å²) in [6.45, 7) is 33.1. The molecule has 0 saturated heterocycles. The molecule has 12 fully saturated rings. The lowest BCUT2D eigenvalue weighted by molar-refractivity contribution is -0.218. The Balaban J connectivity index is 0.000000196. The summed E-state index contributed by atoms with van der Waals surface area (Å²) in [5, 5.41) is 69.2. The number of ether oxygens (including phenoxy) is 7. The maximum absolute atomic E-state index is 11.7. The monoisotopic (exact) mass is 1510 g/mol. The van der Waals surface area contributed by atoms with Crippen molar-refractivity contribution >= 4 is 63.3 Å². The van der Waals surface area contributed by atoms with E-state index >= 15 is 0 Å². The summed E-state index contributed by atoms with van der Waals surface area (Å²) in [4.78, 5) is 76.3. The fraction of sp³-hybridized carbons (Fsp3) is 0.534. The first-order chi connectivity index (χ1) is 51.5. The molecular weight excluding hydrogens is 1390 g/mol. The lowest BCUT2D eigenvalue weighted by Gasteiger charge is -2.59. The van der Waals surface area contributed by atoms with E-state index in [9.17, 15) is 48.9 Å². The highest BCUT2D eigenvalue weighted by atomic mass is 16.6. The van der Waals surface area contributed by atoms with Gasteiger partial charge in [-0.1, -0.05) is 95.3 Å². The van der Waals surface area contributed by atoms with E-state index in [-0.39, 0.29) is 61.7 Å². The molecule has 10 atom stereocenters. The summed E-state index contributed by atoms with van der Waals surface area (Å²) < 4.78 is 34.3. The van der Waals surface area contributed by atoms with Crippen LogP contribution in [-0.4, -0.2) is 141 Å². The third kappa shape index (κ3) is 27.2. The highest BCUT2D eigenvalue weighted by molar-refractivity contribution is 5.91. The summed E-state index contributed by atoms with van der Waals surface area (Å²) >= 11 is 0. The number of hydrogen-bond donors (Lipinski definition) is 7. The molecule has 12 bridgehead atoms. The number of aliphatic hydroxyl groups is 6. The van der Waals surface area contributed by atoms with Gasteiger partial charge in [-0.25, -0.2) is 33.6 Å². The van der Waals surface area contributed by atoms with Crippen molar-refractivity contribution in [1.29, 1.82) is 0 Å². The van der Waals surface area contributed by atoms with Crippen LogP contribution in [0.1, 0.15) is 174 Å². The standard InChI is InChI=1S/2C15H14O3.C14H20O3.C13H18O3.2C8H14O.C6H10O3.C5H8O2.C4H6O2/c1-10(2)15(17)18-9-11-3-4-13-8-14(16)6-5-12(13)7-11;1-10(2)15(17)18-14-6-5-12-7-11(9-16)3-4-13(12)8-14;1-9(2)12(15)17-14-6-10-3-11(7-14)5-13(16,4-10)8-14;1-2-11(14)16-13-6-9-3-10(7-13)5-12(15,4-9)8-13;2*9-5-8-4-6-1-2-7(8)3-6;1-5(2)6(8)9-4-3-7;1-4(2)5(6)7-3;1-3-4(5)6-2/h2*3-8,16H,1,9H2,2H3;10-11,16H,1,3-8H2,2H3;2,9-10,15H,1,3-8H2;2*6-9H,1-5H2;7H,1,3-4H2,2H3;1H2,2-3H3;3H,1H2,2H3. The van der Waals surface area contributed by atoms with Crippen molar-refractivity contribution in [3.05, 3.63) is 170 Å². The highest BCUT2D eigenvalue weighted by Crippen LogP contribution is 2.60. The second kappa shape index (κ2) is 41.5. The van der Waals surface area contributed by atoms with Crippen LogP contribution in [-0.2, 0) is 75.2 Å². The topological polar surface area (TPSA) is 326 Å². The Bertz CT molecular complexity index is 3840. The molecule has 0 aliphatic heterocycles. The molecular formula is C88H118O21. The van der Waals surface area contributed by atoms with Crippen molar-refractivity contribution in [2.24, 2.45) is 59.2 Å². The van der Waals surface area contributed by atoms with Crippen LogP contribution in [0.5, 0.6) is 11.5 Å². The predicted octanol–water partition coefficient (Wildman–Crippen LogP) is 14.0. The summed E-state index contributed by atoms with van der Waals surface area (Å²) in [6, 6.07) is 21.8. The molecule has 21 heteroatoms. The van der Waals surface area contributed by atoms with Crippen LogP contribution in [0.15, 0.2) is 159 Å². The van der Waals surface area contributed by atoms with Gasteiger partial charge in [0.2, 0.25) is 0 Å². The number of fused-ring (bicyclic) bond motifs is 6. The Kier molecular flexibility index (Phi) is 34.0. The lowest BCUT2D eigenvalue weighted by atomic mass is 9.52. The van der Waals surface area contributed by atoms with Crippen LogP contribution in [0, 0.1) is 59.2 Å². The molecule has 109 heavy (non-hydrogen) atoms. The van der Waals surface area contributed by atoms with Gasteiger partial charge in [-0.15, -0.1) is 0 Å². The molecule has 12 saturated carbocycles.